The fourth-order valence-electron chi connectivity index (χ4n) is 1.20. The van der Waals surface area contributed by atoms with Crippen LogP contribution < -0.4 is 10.6 Å². The molecule has 0 saturated heterocycles. The highest BCUT2D eigenvalue weighted by molar-refractivity contribution is 9.11. The lowest BCUT2D eigenvalue weighted by molar-refractivity contribution is 0.758. The van der Waals surface area contributed by atoms with Crippen LogP contribution in [0, 0.1) is 0 Å². The SMILES string of the molecule is CCCCNC(=S)Nc1c(Br)cc(Br)cc1Br. The van der Waals surface area contributed by atoms with Gasteiger partial charge >= 0.3 is 0 Å². The molecule has 2 N–H and O–H groups in total. The lowest BCUT2D eigenvalue weighted by Gasteiger charge is -2.13. The van der Waals surface area contributed by atoms with E-state index in [1.54, 1.807) is 0 Å². The van der Waals surface area contributed by atoms with Crippen molar-refractivity contribution in [3.63, 3.8) is 0 Å². The minimum Gasteiger partial charge on any atom is -0.362 e. The molecule has 0 radical (unpaired) electrons. The zero-order valence-corrected chi connectivity index (χ0v) is 14.9. The van der Waals surface area contributed by atoms with Crippen molar-refractivity contribution in [2.45, 2.75) is 19.8 Å². The normalized spacial score (nSPS) is 10.1. The molecule has 0 bridgehead atoms. The van der Waals surface area contributed by atoms with Gasteiger partial charge in [-0.1, -0.05) is 29.3 Å². The Morgan fingerprint density at radius 1 is 1.24 bits per heavy atom. The molecule has 1 rings (SSSR count). The summed E-state index contributed by atoms with van der Waals surface area (Å²) in [5.41, 5.74) is 0.933. The van der Waals surface area contributed by atoms with E-state index >= 15 is 0 Å². The van der Waals surface area contributed by atoms with Crippen molar-refractivity contribution in [3.8, 4) is 0 Å². The van der Waals surface area contributed by atoms with Crippen LogP contribution in [0.25, 0.3) is 0 Å². The summed E-state index contributed by atoms with van der Waals surface area (Å²) in [4.78, 5) is 0. The lowest BCUT2D eigenvalue weighted by atomic mass is 10.3. The maximum Gasteiger partial charge on any atom is 0.170 e. The van der Waals surface area contributed by atoms with Crippen LogP contribution in [0.1, 0.15) is 19.8 Å². The Balaban J connectivity index is 2.65. The fraction of sp³-hybridized carbons (Fsp3) is 0.364. The van der Waals surface area contributed by atoms with Crippen LogP contribution in [-0.4, -0.2) is 11.7 Å². The average molecular weight is 445 g/mol. The molecule has 0 fully saturated rings. The molecule has 0 amide bonds. The Bertz CT molecular complexity index is 387. The molecular formula is C11H13Br3N2S. The number of halogens is 3. The first-order chi connectivity index (χ1) is 8.04. The molecule has 0 aliphatic rings. The van der Waals surface area contributed by atoms with Gasteiger partial charge in [-0.25, -0.2) is 0 Å². The number of unbranched alkanes of at least 4 members (excludes halogenated alkanes) is 1. The van der Waals surface area contributed by atoms with Crippen LogP contribution in [0.4, 0.5) is 5.69 Å². The van der Waals surface area contributed by atoms with Crippen LogP contribution in [0.15, 0.2) is 25.6 Å². The zero-order valence-electron chi connectivity index (χ0n) is 9.32. The first-order valence-corrected chi connectivity index (χ1v) is 8.02. The van der Waals surface area contributed by atoms with Crippen LogP contribution >= 0.6 is 60.0 Å². The highest BCUT2D eigenvalue weighted by Gasteiger charge is 2.08. The van der Waals surface area contributed by atoms with Crippen molar-refractivity contribution in [2.24, 2.45) is 0 Å². The molecule has 17 heavy (non-hydrogen) atoms. The van der Waals surface area contributed by atoms with Gasteiger partial charge in [-0.3, -0.25) is 0 Å². The Kier molecular flexibility index (Phi) is 6.99. The molecule has 0 aliphatic carbocycles. The van der Waals surface area contributed by atoms with E-state index in [-0.39, 0.29) is 0 Å². The highest BCUT2D eigenvalue weighted by Crippen LogP contribution is 2.34. The van der Waals surface area contributed by atoms with E-state index in [0.29, 0.717) is 5.11 Å². The first-order valence-electron chi connectivity index (χ1n) is 5.24. The van der Waals surface area contributed by atoms with Gasteiger partial charge in [0.25, 0.3) is 0 Å². The summed E-state index contributed by atoms with van der Waals surface area (Å²) >= 11 is 15.7. The highest BCUT2D eigenvalue weighted by atomic mass is 79.9. The van der Waals surface area contributed by atoms with Gasteiger partial charge in [0.15, 0.2) is 5.11 Å². The molecule has 0 aromatic heterocycles. The van der Waals surface area contributed by atoms with Gasteiger partial charge in [-0.05, 0) is 62.6 Å². The predicted molar refractivity (Wildman–Crippen MR) is 88.7 cm³/mol. The van der Waals surface area contributed by atoms with E-state index in [1.807, 2.05) is 12.1 Å². The maximum atomic E-state index is 5.23. The molecule has 94 valence electrons. The van der Waals surface area contributed by atoms with Gasteiger partial charge in [-0.15, -0.1) is 0 Å². The van der Waals surface area contributed by atoms with Gasteiger partial charge in [0, 0.05) is 20.0 Å². The number of thiocarbonyl (C=S) groups is 1. The van der Waals surface area contributed by atoms with Crippen molar-refractivity contribution in [1.29, 1.82) is 0 Å². The van der Waals surface area contributed by atoms with Gasteiger partial charge in [-0.2, -0.15) is 0 Å². The van der Waals surface area contributed by atoms with Crippen molar-refractivity contribution >= 4 is 70.8 Å². The Hall–Kier alpha value is 0.350. The second-order valence-corrected chi connectivity index (χ2v) is 6.51. The monoisotopic (exact) mass is 442 g/mol. The van der Waals surface area contributed by atoms with Crippen molar-refractivity contribution in [3.05, 3.63) is 25.6 Å². The smallest absolute Gasteiger partial charge is 0.170 e. The molecule has 0 aliphatic heterocycles. The molecule has 1 aromatic rings. The molecule has 0 unspecified atom stereocenters. The van der Waals surface area contributed by atoms with Crippen molar-refractivity contribution < 1.29 is 0 Å². The lowest BCUT2D eigenvalue weighted by Crippen LogP contribution is -2.29. The average Bonchev–Trinajstić information content (AvgIpc) is 2.24. The Labute approximate surface area is 132 Å². The third kappa shape index (κ3) is 5.24. The predicted octanol–water partition coefficient (Wildman–Crippen LogP) is 5.06. The number of nitrogens with one attached hydrogen (secondary N) is 2. The summed E-state index contributed by atoms with van der Waals surface area (Å²) in [6.45, 7) is 3.05. The number of hydrogen-bond donors (Lipinski definition) is 2. The molecule has 0 saturated carbocycles. The van der Waals surface area contributed by atoms with E-state index in [1.165, 1.54) is 0 Å². The van der Waals surface area contributed by atoms with Crippen LogP contribution in [0.2, 0.25) is 0 Å². The van der Waals surface area contributed by atoms with E-state index in [2.05, 4.69) is 65.3 Å². The van der Waals surface area contributed by atoms with E-state index in [9.17, 15) is 0 Å². The standard InChI is InChI=1S/C11H13Br3N2S/c1-2-3-4-15-11(17)16-10-8(13)5-7(12)6-9(10)14/h5-6H,2-4H2,1H3,(H2,15,16,17). The van der Waals surface area contributed by atoms with Crippen molar-refractivity contribution in [2.75, 3.05) is 11.9 Å². The molecule has 6 heteroatoms. The maximum absolute atomic E-state index is 5.23. The molecule has 0 spiro atoms. The quantitative estimate of drug-likeness (QED) is 0.501. The van der Waals surface area contributed by atoms with Crippen LogP contribution in [0.5, 0.6) is 0 Å². The Morgan fingerprint density at radius 3 is 2.35 bits per heavy atom. The zero-order chi connectivity index (χ0) is 12.8. The number of anilines is 1. The number of benzene rings is 1. The molecule has 2 nitrogen and oxygen atoms in total. The second kappa shape index (κ2) is 7.71. The minimum absolute atomic E-state index is 0.641. The summed E-state index contributed by atoms with van der Waals surface area (Å²) in [5.74, 6) is 0. The fourth-order valence-corrected chi connectivity index (χ4v) is 3.86. The summed E-state index contributed by atoms with van der Waals surface area (Å²) in [5, 5.41) is 6.98. The summed E-state index contributed by atoms with van der Waals surface area (Å²) < 4.78 is 2.92. The summed E-state index contributed by atoms with van der Waals surface area (Å²) in [6.07, 6.45) is 2.27. The van der Waals surface area contributed by atoms with Gasteiger partial charge in [0.05, 0.1) is 5.69 Å². The molecule has 0 heterocycles. The summed E-state index contributed by atoms with van der Waals surface area (Å²) in [7, 11) is 0. The number of rotatable bonds is 4. The van der Waals surface area contributed by atoms with E-state index < -0.39 is 0 Å². The van der Waals surface area contributed by atoms with Gasteiger partial charge in [0.1, 0.15) is 0 Å². The van der Waals surface area contributed by atoms with Gasteiger partial charge in [0.2, 0.25) is 0 Å². The first kappa shape index (κ1) is 15.4. The van der Waals surface area contributed by atoms with E-state index in [4.69, 9.17) is 12.2 Å². The number of hydrogen-bond acceptors (Lipinski definition) is 1. The third-order valence-electron chi connectivity index (χ3n) is 2.06. The second-order valence-electron chi connectivity index (χ2n) is 3.48. The van der Waals surface area contributed by atoms with Gasteiger partial charge < -0.3 is 10.6 Å². The summed E-state index contributed by atoms with van der Waals surface area (Å²) in [6, 6.07) is 3.95. The molecule has 0 atom stereocenters. The molecule has 1 aromatic carbocycles. The van der Waals surface area contributed by atoms with E-state index in [0.717, 1.165) is 38.5 Å². The Morgan fingerprint density at radius 2 is 1.82 bits per heavy atom. The third-order valence-corrected chi connectivity index (χ3v) is 4.02. The minimum atomic E-state index is 0.641. The largest absolute Gasteiger partial charge is 0.362 e. The topological polar surface area (TPSA) is 24.1 Å². The van der Waals surface area contributed by atoms with Crippen molar-refractivity contribution in [1.82, 2.24) is 5.32 Å². The molecular weight excluding hydrogens is 432 g/mol. The van der Waals surface area contributed by atoms with Crippen LogP contribution in [0.3, 0.4) is 0 Å². The van der Waals surface area contributed by atoms with Crippen LogP contribution in [-0.2, 0) is 0 Å².